The van der Waals surface area contributed by atoms with Crippen molar-refractivity contribution in [3.63, 3.8) is 0 Å². The van der Waals surface area contributed by atoms with Crippen LogP contribution >= 0.6 is 0 Å². The first kappa shape index (κ1) is 25.4. The standard InChI is InChI=1S/C24H24N4O6S/c1-18(2)34-21-14-12-19(13-15-21)16-25-26-24(29)17-27(20-8-4-3-5-9-20)35(32,33)23-11-7-6-10-22(23)28(30)31/h3-16,18H,17H2,1-2H3,(H,26,29)/b25-16-. The van der Waals surface area contributed by atoms with Crippen molar-refractivity contribution in [1.82, 2.24) is 5.43 Å². The largest absolute Gasteiger partial charge is 0.491 e. The van der Waals surface area contributed by atoms with Crippen LogP contribution in [0.2, 0.25) is 0 Å². The third kappa shape index (κ3) is 6.64. The summed E-state index contributed by atoms with van der Waals surface area (Å²) in [6, 6.07) is 19.9. The Hall–Kier alpha value is -4.25. The number of sulfonamides is 1. The number of nitro groups is 1. The van der Waals surface area contributed by atoms with Crippen LogP contribution in [-0.4, -0.2) is 38.1 Å². The molecule has 1 amide bonds. The molecule has 3 aromatic rings. The normalized spacial score (nSPS) is 11.4. The van der Waals surface area contributed by atoms with Gasteiger partial charge in [-0.1, -0.05) is 30.3 Å². The summed E-state index contributed by atoms with van der Waals surface area (Å²) >= 11 is 0. The maximum absolute atomic E-state index is 13.4. The van der Waals surface area contributed by atoms with E-state index in [1.54, 1.807) is 42.5 Å². The number of nitrogens with one attached hydrogen (secondary N) is 1. The minimum absolute atomic E-state index is 0.0370. The molecule has 3 aromatic carbocycles. The number of benzene rings is 3. The highest BCUT2D eigenvalue weighted by Crippen LogP contribution is 2.29. The van der Waals surface area contributed by atoms with Crippen molar-refractivity contribution in [3.05, 3.63) is 94.5 Å². The Bertz CT molecular complexity index is 1310. The molecule has 0 heterocycles. The molecular weight excluding hydrogens is 472 g/mol. The van der Waals surface area contributed by atoms with Crippen LogP contribution in [0.3, 0.4) is 0 Å². The number of hydrazone groups is 1. The highest BCUT2D eigenvalue weighted by Gasteiger charge is 2.33. The highest BCUT2D eigenvalue weighted by molar-refractivity contribution is 7.93. The summed E-state index contributed by atoms with van der Waals surface area (Å²) in [7, 11) is -4.45. The van der Waals surface area contributed by atoms with Crippen LogP contribution < -0.4 is 14.5 Å². The van der Waals surface area contributed by atoms with Gasteiger partial charge in [-0.25, -0.2) is 13.8 Å². The lowest BCUT2D eigenvalue weighted by atomic mass is 10.2. The van der Waals surface area contributed by atoms with Gasteiger partial charge in [-0.2, -0.15) is 5.10 Å². The zero-order valence-corrected chi connectivity index (χ0v) is 19.9. The van der Waals surface area contributed by atoms with Crippen molar-refractivity contribution < 1.29 is 22.9 Å². The van der Waals surface area contributed by atoms with E-state index >= 15 is 0 Å². The topological polar surface area (TPSA) is 131 Å². The summed E-state index contributed by atoms with van der Waals surface area (Å²) in [6.07, 6.45) is 1.44. The van der Waals surface area contributed by atoms with Gasteiger partial charge in [0.25, 0.3) is 21.6 Å². The van der Waals surface area contributed by atoms with E-state index in [2.05, 4.69) is 10.5 Å². The van der Waals surface area contributed by atoms with Gasteiger partial charge < -0.3 is 4.74 Å². The van der Waals surface area contributed by atoms with E-state index in [0.29, 0.717) is 11.3 Å². The first-order valence-corrected chi connectivity index (χ1v) is 12.0. The smallest absolute Gasteiger partial charge is 0.289 e. The second kappa shape index (κ2) is 11.3. The van der Waals surface area contributed by atoms with Crippen LogP contribution in [0.1, 0.15) is 19.4 Å². The van der Waals surface area contributed by atoms with E-state index in [1.807, 2.05) is 13.8 Å². The highest BCUT2D eigenvalue weighted by atomic mass is 32.2. The van der Waals surface area contributed by atoms with Crippen LogP contribution in [0.4, 0.5) is 11.4 Å². The molecule has 1 N–H and O–H groups in total. The van der Waals surface area contributed by atoms with Crippen molar-refractivity contribution in [2.45, 2.75) is 24.8 Å². The number of nitro benzene ring substituents is 1. The number of para-hydroxylation sites is 2. The fourth-order valence-corrected chi connectivity index (χ4v) is 4.68. The summed E-state index contributed by atoms with van der Waals surface area (Å²) in [4.78, 5) is 22.7. The molecule has 182 valence electrons. The van der Waals surface area contributed by atoms with Crippen molar-refractivity contribution >= 4 is 33.5 Å². The summed E-state index contributed by atoms with van der Waals surface area (Å²) in [5, 5.41) is 15.3. The van der Waals surface area contributed by atoms with E-state index in [9.17, 15) is 23.3 Å². The number of ether oxygens (including phenoxy) is 1. The summed E-state index contributed by atoms with van der Waals surface area (Å²) < 4.78 is 33.2. The molecule has 0 unspecified atom stereocenters. The molecule has 0 saturated heterocycles. The Morgan fingerprint density at radius 3 is 2.31 bits per heavy atom. The lowest BCUT2D eigenvalue weighted by Gasteiger charge is -2.23. The summed E-state index contributed by atoms with van der Waals surface area (Å²) in [5.74, 6) is -0.0353. The average molecular weight is 497 g/mol. The number of nitrogens with zero attached hydrogens (tertiary/aromatic N) is 3. The molecule has 0 atom stereocenters. The van der Waals surface area contributed by atoms with E-state index in [1.165, 1.54) is 30.5 Å². The fraction of sp³-hybridized carbons (Fsp3) is 0.167. The molecular formula is C24H24N4O6S. The second-order valence-electron chi connectivity index (χ2n) is 7.60. The van der Waals surface area contributed by atoms with Crippen molar-refractivity contribution in [1.29, 1.82) is 0 Å². The average Bonchev–Trinajstić information content (AvgIpc) is 2.83. The third-order valence-electron chi connectivity index (χ3n) is 4.62. The first-order valence-electron chi connectivity index (χ1n) is 10.6. The lowest BCUT2D eigenvalue weighted by Crippen LogP contribution is -2.39. The predicted molar refractivity (Wildman–Crippen MR) is 132 cm³/mol. The number of amides is 1. The molecule has 0 aromatic heterocycles. The fourth-order valence-electron chi connectivity index (χ4n) is 3.10. The Balaban J connectivity index is 1.80. The van der Waals surface area contributed by atoms with Gasteiger partial charge in [0.2, 0.25) is 0 Å². The number of hydrogen-bond acceptors (Lipinski definition) is 7. The van der Waals surface area contributed by atoms with Crippen LogP contribution in [0, 0.1) is 10.1 Å². The maximum Gasteiger partial charge on any atom is 0.289 e. The van der Waals surface area contributed by atoms with Gasteiger partial charge in [0, 0.05) is 6.07 Å². The first-order chi connectivity index (χ1) is 16.7. The zero-order valence-electron chi connectivity index (χ0n) is 19.1. The van der Waals surface area contributed by atoms with Crippen LogP contribution in [0.15, 0.2) is 88.9 Å². The van der Waals surface area contributed by atoms with Gasteiger partial charge in [0.15, 0.2) is 4.90 Å². The van der Waals surface area contributed by atoms with E-state index in [4.69, 9.17) is 4.74 Å². The number of carbonyl (C=O) groups excluding carboxylic acids is 1. The molecule has 0 aliphatic carbocycles. The van der Waals surface area contributed by atoms with E-state index in [-0.39, 0.29) is 11.8 Å². The SMILES string of the molecule is CC(C)Oc1ccc(/C=N\NC(=O)CN(c2ccccc2)S(=O)(=O)c2ccccc2[N+](=O)[O-])cc1. The van der Waals surface area contributed by atoms with Gasteiger partial charge in [0.05, 0.1) is 22.9 Å². The molecule has 0 spiro atoms. The Morgan fingerprint density at radius 1 is 1.06 bits per heavy atom. The molecule has 0 fully saturated rings. The van der Waals surface area contributed by atoms with Crippen molar-refractivity contribution in [2.24, 2.45) is 5.10 Å². The van der Waals surface area contributed by atoms with Gasteiger partial charge >= 0.3 is 0 Å². The molecule has 0 radical (unpaired) electrons. The Kier molecular flexibility index (Phi) is 8.16. The monoisotopic (exact) mass is 496 g/mol. The van der Waals surface area contributed by atoms with Crippen LogP contribution in [0.5, 0.6) is 5.75 Å². The van der Waals surface area contributed by atoms with E-state index in [0.717, 1.165) is 16.4 Å². The molecule has 35 heavy (non-hydrogen) atoms. The van der Waals surface area contributed by atoms with Crippen molar-refractivity contribution in [2.75, 3.05) is 10.8 Å². The summed E-state index contributed by atoms with van der Waals surface area (Å²) in [6.45, 7) is 3.19. The minimum Gasteiger partial charge on any atom is -0.491 e. The Morgan fingerprint density at radius 2 is 1.69 bits per heavy atom. The van der Waals surface area contributed by atoms with Crippen molar-refractivity contribution in [3.8, 4) is 5.75 Å². The molecule has 11 heteroatoms. The third-order valence-corrected chi connectivity index (χ3v) is 6.44. The van der Waals surface area contributed by atoms with E-state index < -0.39 is 38.0 Å². The Labute approximate surface area is 203 Å². The van der Waals surface area contributed by atoms with Gasteiger partial charge in [-0.15, -0.1) is 0 Å². The molecule has 0 aliphatic heterocycles. The second-order valence-corrected chi connectivity index (χ2v) is 9.43. The molecule has 3 rings (SSSR count). The quantitative estimate of drug-likeness (QED) is 0.258. The molecule has 0 saturated carbocycles. The van der Waals surface area contributed by atoms with Crippen LogP contribution in [-0.2, 0) is 14.8 Å². The van der Waals surface area contributed by atoms with Gasteiger partial charge in [-0.05, 0) is 61.9 Å². The predicted octanol–water partition coefficient (Wildman–Crippen LogP) is 3.73. The van der Waals surface area contributed by atoms with Gasteiger partial charge in [0.1, 0.15) is 12.3 Å². The maximum atomic E-state index is 13.4. The van der Waals surface area contributed by atoms with Gasteiger partial charge in [-0.3, -0.25) is 19.2 Å². The minimum atomic E-state index is -4.45. The lowest BCUT2D eigenvalue weighted by molar-refractivity contribution is -0.387. The number of anilines is 1. The summed E-state index contributed by atoms with van der Waals surface area (Å²) in [5.41, 5.74) is 2.57. The molecule has 0 bridgehead atoms. The number of carbonyl (C=O) groups is 1. The van der Waals surface area contributed by atoms with Crippen LogP contribution in [0.25, 0.3) is 0 Å². The molecule has 10 nitrogen and oxygen atoms in total. The number of hydrogen-bond donors (Lipinski definition) is 1. The number of rotatable bonds is 10. The molecule has 0 aliphatic rings. The zero-order chi connectivity index (χ0) is 25.4.